The van der Waals surface area contributed by atoms with Gasteiger partial charge in [0.1, 0.15) is 0 Å². The van der Waals surface area contributed by atoms with Crippen LogP contribution < -0.4 is 0 Å². The number of allylic oxidation sites excluding steroid dienone is 3. The zero-order valence-electron chi connectivity index (χ0n) is 41.7. The maximum atomic E-state index is 5.33. The molecule has 0 N–H and O–H groups in total. The largest absolute Gasteiger partial charge is 0.260 e. The van der Waals surface area contributed by atoms with Gasteiger partial charge in [0.15, 0.2) is 0 Å². The quantitative estimate of drug-likeness (QED) is 0.104. The molecule has 8 aromatic rings. The van der Waals surface area contributed by atoms with E-state index in [0.717, 1.165) is 50.2 Å². The highest BCUT2D eigenvalue weighted by atomic mass is 14.7. The highest BCUT2D eigenvalue weighted by Gasteiger charge is 2.48. The average Bonchev–Trinajstić information content (AvgIpc) is 3.63. The van der Waals surface area contributed by atoms with Gasteiger partial charge < -0.3 is 0 Å². The molecule has 1 aromatic heterocycles. The van der Waals surface area contributed by atoms with Crippen LogP contribution in [0, 0.1) is 0 Å². The van der Waals surface area contributed by atoms with E-state index in [0.29, 0.717) is 0 Å². The maximum Gasteiger partial charge on any atom is 0.0886 e. The number of aromatic nitrogens is 1. The minimum atomic E-state index is -0.716. The number of pyridine rings is 1. The fraction of sp³-hybridized carbons (Fsp3) is 0.209. The Hall–Kier alpha value is -7.09. The van der Waals surface area contributed by atoms with E-state index >= 15 is 0 Å². The summed E-state index contributed by atoms with van der Waals surface area (Å²) in [5.41, 5.74) is 21.6. The number of fused-ring (bicyclic) bond motifs is 3. The van der Waals surface area contributed by atoms with Crippen molar-refractivity contribution in [2.45, 2.75) is 90.9 Å². The second-order valence-electron chi connectivity index (χ2n) is 21.7. The van der Waals surface area contributed by atoms with Gasteiger partial charge in [-0.1, -0.05) is 239 Å². The predicted octanol–water partition coefficient (Wildman–Crippen LogP) is 17.6. The van der Waals surface area contributed by atoms with Gasteiger partial charge in [-0.15, -0.1) is 0 Å². The summed E-state index contributed by atoms with van der Waals surface area (Å²) < 4.78 is 0. The van der Waals surface area contributed by atoms with Gasteiger partial charge in [-0.2, -0.15) is 0 Å². The molecule has 1 aliphatic rings. The van der Waals surface area contributed by atoms with Crippen LogP contribution in [0.25, 0.3) is 39.0 Å². The number of hydrogen-bond acceptors (Lipinski definition) is 1. The lowest BCUT2D eigenvalue weighted by Crippen LogP contribution is -2.31. The third-order valence-electron chi connectivity index (χ3n) is 13.9. The first kappa shape index (κ1) is 46.0. The van der Waals surface area contributed by atoms with Crippen molar-refractivity contribution in [2.75, 3.05) is 0 Å². The van der Waals surface area contributed by atoms with Crippen LogP contribution in [-0.4, -0.2) is 4.98 Å². The average molecular weight is 884 g/mol. The van der Waals surface area contributed by atoms with Gasteiger partial charge in [0, 0.05) is 6.20 Å². The number of hydrogen-bond donors (Lipinski definition) is 0. The van der Waals surface area contributed by atoms with Crippen molar-refractivity contribution < 1.29 is 0 Å². The first-order chi connectivity index (χ1) is 32.5. The molecule has 1 heteroatoms. The van der Waals surface area contributed by atoms with Gasteiger partial charge in [0.05, 0.1) is 11.1 Å². The van der Waals surface area contributed by atoms with Crippen molar-refractivity contribution in [1.82, 2.24) is 4.98 Å². The van der Waals surface area contributed by atoms with Crippen molar-refractivity contribution in [3.05, 3.63) is 274 Å². The van der Waals surface area contributed by atoms with Crippen LogP contribution in [0.2, 0.25) is 0 Å². The molecule has 0 bridgehead atoms. The van der Waals surface area contributed by atoms with E-state index in [1.807, 2.05) is 12.3 Å². The molecule has 0 fully saturated rings. The highest BCUT2D eigenvalue weighted by molar-refractivity contribution is 6.05. The van der Waals surface area contributed by atoms with Crippen LogP contribution in [0.3, 0.4) is 0 Å². The zero-order chi connectivity index (χ0) is 48.0. The van der Waals surface area contributed by atoms with Gasteiger partial charge in [-0.3, -0.25) is 4.98 Å². The molecule has 68 heavy (non-hydrogen) atoms. The van der Waals surface area contributed by atoms with Crippen molar-refractivity contribution in [3.8, 4) is 22.3 Å². The lowest BCUT2D eigenvalue weighted by molar-refractivity contribution is 0.585. The fourth-order valence-electron chi connectivity index (χ4n) is 10.3. The first-order valence-electron chi connectivity index (χ1n) is 24.3. The zero-order valence-corrected chi connectivity index (χ0v) is 41.7. The summed E-state index contributed by atoms with van der Waals surface area (Å²) in [6.45, 7) is 27.4. The van der Waals surface area contributed by atoms with E-state index in [2.05, 4.69) is 264 Å². The summed E-state index contributed by atoms with van der Waals surface area (Å²) >= 11 is 0. The third kappa shape index (κ3) is 8.45. The summed E-state index contributed by atoms with van der Waals surface area (Å²) in [6.07, 6.45) is 6.16. The van der Waals surface area contributed by atoms with Gasteiger partial charge >= 0.3 is 0 Å². The molecule has 0 unspecified atom stereocenters. The first-order valence-corrected chi connectivity index (χ1v) is 24.3. The Morgan fingerprint density at radius 1 is 0.456 bits per heavy atom. The van der Waals surface area contributed by atoms with Crippen molar-refractivity contribution in [3.63, 3.8) is 0 Å². The summed E-state index contributed by atoms with van der Waals surface area (Å²) in [4.78, 5) is 5.33. The van der Waals surface area contributed by atoms with Crippen LogP contribution in [0.5, 0.6) is 0 Å². The van der Waals surface area contributed by atoms with E-state index in [4.69, 9.17) is 4.98 Å². The molecule has 1 heterocycles. The SMILES string of the molecule is C=C(/C=C\C)c1ccc(C(C)(C)C)cc1-c1cccc(C(=C(c2ccccc2)c2ccccc2)c2cccc(C3(c4ccccn4)c4cc(C(C)(C)C)ccc4-c4ccc(C(C)(C)C)cc43)c2)c1. The molecule has 0 amide bonds. The predicted molar refractivity (Wildman–Crippen MR) is 291 cm³/mol. The molecule has 338 valence electrons. The number of benzene rings is 7. The molecule has 0 atom stereocenters. The molecule has 1 nitrogen and oxygen atoms in total. The summed E-state index contributed by atoms with van der Waals surface area (Å²) in [7, 11) is 0. The Morgan fingerprint density at radius 3 is 1.47 bits per heavy atom. The number of nitrogens with zero attached hydrogens (tertiary/aromatic N) is 1. The molecule has 0 saturated carbocycles. The molecule has 0 aliphatic heterocycles. The Morgan fingerprint density at radius 2 is 0.941 bits per heavy atom. The van der Waals surface area contributed by atoms with E-state index in [-0.39, 0.29) is 16.2 Å². The smallest absolute Gasteiger partial charge is 0.0886 e. The summed E-state index contributed by atoms with van der Waals surface area (Å²) in [6, 6.07) is 68.2. The van der Waals surface area contributed by atoms with Crippen LogP contribution in [0.4, 0.5) is 0 Å². The normalized spacial score (nSPS) is 13.3. The highest BCUT2D eigenvalue weighted by Crippen LogP contribution is 2.57. The second-order valence-corrected chi connectivity index (χ2v) is 21.7. The van der Waals surface area contributed by atoms with Crippen molar-refractivity contribution >= 4 is 16.7 Å². The van der Waals surface area contributed by atoms with Crippen LogP contribution in [-0.2, 0) is 21.7 Å². The molecule has 0 spiro atoms. The minimum absolute atomic E-state index is 0.0333. The van der Waals surface area contributed by atoms with Gasteiger partial charge in [0.2, 0.25) is 0 Å². The van der Waals surface area contributed by atoms with Gasteiger partial charge in [0.25, 0.3) is 0 Å². The standard InChI is InChI=1S/C67H65N/c1-12-23-45(2)55-36-33-51(64(3,4)5)42-58(55)48-28-21-29-49(40-48)63(62(46-24-15-13-16-25-46)47-26-17-14-18-27-47)50-30-22-31-54(41-50)67(61-32-19-20-39-68-61)59-43-52(65(6,7)8)34-37-56(59)57-38-35-53(44-60(57)67)66(9,10)11/h12-44H,2H2,1,3-11H3/b23-12-. The number of rotatable bonds is 9. The molecule has 1 aliphatic carbocycles. The maximum absolute atomic E-state index is 5.33. The van der Waals surface area contributed by atoms with E-state index in [1.54, 1.807) is 0 Å². The van der Waals surface area contributed by atoms with Crippen molar-refractivity contribution in [2.24, 2.45) is 0 Å². The molecule has 0 radical (unpaired) electrons. The lowest BCUT2D eigenvalue weighted by atomic mass is 9.67. The monoisotopic (exact) mass is 884 g/mol. The van der Waals surface area contributed by atoms with Gasteiger partial charge in [-0.05, 0) is 148 Å². The molecular formula is C67H65N. The van der Waals surface area contributed by atoms with E-state index in [1.165, 1.54) is 55.6 Å². The van der Waals surface area contributed by atoms with Crippen molar-refractivity contribution in [1.29, 1.82) is 0 Å². The molecule has 9 rings (SSSR count). The lowest BCUT2D eigenvalue weighted by Gasteiger charge is -2.35. The van der Waals surface area contributed by atoms with Crippen LogP contribution in [0.15, 0.2) is 207 Å². The summed E-state index contributed by atoms with van der Waals surface area (Å²) in [5.74, 6) is 0. The van der Waals surface area contributed by atoms with E-state index < -0.39 is 5.41 Å². The third-order valence-corrected chi connectivity index (χ3v) is 13.9. The Bertz CT molecular complexity index is 3110. The minimum Gasteiger partial charge on any atom is -0.260 e. The molecule has 7 aromatic carbocycles. The molecule has 0 saturated heterocycles. The Labute approximate surface area is 406 Å². The molecular weight excluding hydrogens is 819 g/mol. The Kier molecular flexibility index (Phi) is 12.1. The van der Waals surface area contributed by atoms with Gasteiger partial charge in [-0.25, -0.2) is 0 Å². The fourth-order valence-corrected chi connectivity index (χ4v) is 10.3. The van der Waals surface area contributed by atoms with Crippen LogP contribution >= 0.6 is 0 Å². The van der Waals surface area contributed by atoms with Crippen LogP contribution in [0.1, 0.15) is 136 Å². The van der Waals surface area contributed by atoms with E-state index in [9.17, 15) is 0 Å². The summed E-state index contributed by atoms with van der Waals surface area (Å²) in [5, 5.41) is 0. The Balaban J connectivity index is 1.40. The second kappa shape index (κ2) is 17.9. The topological polar surface area (TPSA) is 12.9 Å².